The van der Waals surface area contributed by atoms with Gasteiger partial charge in [-0.25, -0.2) is 0 Å². The average molecular weight is 331 g/mol. The van der Waals surface area contributed by atoms with Crippen LogP contribution in [0.3, 0.4) is 0 Å². The van der Waals surface area contributed by atoms with Gasteiger partial charge in [-0.1, -0.05) is 45.2 Å². The number of ether oxygens (including phenoxy) is 1. The van der Waals surface area contributed by atoms with Crippen molar-refractivity contribution >= 4 is 0 Å². The Hall–Kier alpha value is -1.06. The van der Waals surface area contributed by atoms with Gasteiger partial charge < -0.3 is 10.1 Å². The van der Waals surface area contributed by atoms with E-state index in [9.17, 15) is 0 Å². The summed E-state index contributed by atoms with van der Waals surface area (Å²) in [5, 5.41) is 3.51. The molecule has 2 aliphatic rings. The largest absolute Gasteiger partial charge is 0.496 e. The summed E-state index contributed by atoms with van der Waals surface area (Å²) in [7, 11) is 1.82. The molecular formula is C21H34N2O. The summed E-state index contributed by atoms with van der Waals surface area (Å²) in [5.74, 6) is 2.41. The van der Waals surface area contributed by atoms with Crippen LogP contribution in [0.2, 0.25) is 0 Å². The van der Waals surface area contributed by atoms with Crippen LogP contribution in [-0.2, 0) is 0 Å². The van der Waals surface area contributed by atoms with Crippen molar-refractivity contribution in [2.45, 2.75) is 57.9 Å². The van der Waals surface area contributed by atoms with Gasteiger partial charge in [0, 0.05) is 37.8 Å². The molecule has 3 nitrogen and oxygen atoms in total. The Balaban J connectivity index is 1.98. The molecule has 3 heteroatoms. The van der Waals surface area contributed by atoms with Gasteiger partial charge >= 0.3 is 0 Å². The normalized spacial score (nSPS) is 21.8. The van der Waals surface area contributed by atoms with Crippen molar-refractivity contribution in [2.24, 2.45) is 5.92 Å². The molecule has 24 heavy (non-hydrogen) atoms. The second-order valence-corrected chi connectivity index (χ2v) is 7.78. The second kappa shape index (κ2) is 8.35. The minimum Gasteiger partial charge on any atom is -0.496 e. The summed E-state index contributed by atoms with van der Waals surface area (Å²) >= 11 is 0. The number of hydrogen-bond donors (Lipinski definition) is 1. The number of benzene rings is 1. The highest BCUT2D eigenvalue weighted by Crippen LogP contribution is 2.42. The molecule has 1 aliphatic carbocycles. The molecule has 1 N–H and O–H groups in total. The molecule has 2 fully saturated rings. The van der Waals surface area contributed by atoms with Gasteiger partial charge in [0.1, 0.15) is 5.75 Å². The third-order valence-corrected chi connectivity index (χ3v) is 5.88. The summed E-state index contributed by atoms with van der Waals surface area (Å²) in [6.45, 7) is 9.08. The first kappa shape index (κ1) is 17.8. The standard InChI is InChI=1S/C21H34N2O/c1-16(2)18-9-10-20(24-3)19(15-18)21(17-7-5-4-6-8-17)23-13-11-22-12-14-23/h9-10,15-17,21-22H,4-8,11-14H2,1-3H3/t21-/m1/s1. The number of rotatable bonds is 5. The Bertz CT molecular complexity index is 499. The fourth-order valence-electron chi connectivity index (χ4n) is 4.50. The fourth-order valence-corrected chi connectivity index (χ4v) is 4.50. The minimum absolute atomic E-state index is 0.515. The van der Waals surface area contributed by atoms with Gasteiger partial charge in [0.2, 0.25) is 0 Å². The van der Waals surface area contributed by atoms with Crippen LogP contribution in [0, 0.1) is 5.92 Å². The molecule has 1 aromatic rings. The van der Waals surface area contributed by atoms with Gasteiger partial charge in [-0.3, -0.25) is 4.90 Å². The molecule has 0 spiro atoms. The maximum absolute atomic E-state index is 5.80. The molecule has 1 heterocycles. The molecule has 0 aromatic heterocycles. The van der Waals surface area contributed by atoms with E-state index < -0.39 is 0 Å². The molecule has 1 atom stereocenters. The van der Waals surface area contributed by atoms with Gasteiger partial charge in [-0.15, -0.1) is 0 Å². The second-order valence-electron chi connectivity index (χ2n) is 7.78. The van der Waals surface area contributed by atoms with Crippen molar-refractivity contribution in [1.29, 1.82) is 0 Å². The van der Waals surface area contributed by atoms with E-state index in [1.165, 1.54) is 43.2 Å². The van der Waals surface area contributed by atoms with Gasteiger partial charge in [-0.2, -0.15) is 0 Å². The lowest BCUT2D eigenvalue weighted by Gasteiger charge is -2.41. The Morgan fingerprint density at radius 2 is 1.79 bits per heavy atom. The molecule has 134 valence electrons. The van der Waals surface area contributed by atoms with E-state index in [0.29, 0.717) is 12.0 Å². The van der Waals surface area contributed by atoms with Gasteiger partial charge in [-0.05, 0) is 36.3 Å². The van der Waals surface area contributed by atoms with E-state index >= 15 is 0 Å². The quantitative estimate of drug-likeness (QED) is 0.869. The zero-order chi connectivity index (χ0) is 16.9. The van der Waals surface area contributed by atoms with Crippen LogP contribution < -0.4 is 10.1 Å². The van der Waals surface area contributed by atoms with E-state index in [1.54, 1.807) is 0 Å². The third-order valence-electron chi connectivity index (χ3n) is 5.88. The maximum Gasteiger partial charge on any atom is 0.123 e. The molecule has 1 saturated carbocycles. The van der Waals surface area contributed by atoms with Crippen LogP contribution in [0.25, 0.3) is 0 Å². The monoisotopic (exact) mass is 330 g/mol. The highest BCUT2D eigenvalue weighted by molar-refractivity contribution is 5.41. The van der Waals surface area contributed by atoms with Crippen LogP contribution in [0.5, 0.6) is 5.75 Å². The van der Waals surface area contributed by atoms with Crippen LogP contribution in [-0.4, -0.2) is 38.2 Å². The van der Waals surface area contributed by atoms with Crippen molar-refractivity contribution in [1.82, 2.24) is 10.2 Å². The first-order valence-electron chi connectivity index (χ1n) is 9.83. The fraction of sp³-hybridized carbons (Fsp3) is 0.714. The van der Waals surface area contributed by atoms with Crippen molar-refractivity contribution in [3.63, 3.8) is 0 Å². The molecule has 1 aliphatic heterocycles. The molecule has 0 radical (unpaired) electrons. The SMILES string of the molecule is COc1ccc(C(C)C)cc1[C@@H](C1CCCCC1)N1CCNCC1. The van der Waals surface area contributed by atoms with E-state index in [4.69, 9.17) is 4.74 Å². The lowest BCUT2D eigenvalue weighted by atomic mass is 9.79. The molecule has 1 saturated heterocycles. The summed E-state index contributed by atoms with van der Waals surface area (Å²) in [6.07, 6.45) is 6.92. The average Bonchev–Trinajstić information content (AvgIpc) is 2.63. The number of nitrogens with zero attached hydrogens (tertiary/aromatic N) is 1. The number of nitrogens with one attached hydrogen (secondary N) is 1. The molecular weight excluding hydrogens is 296 g/mol. The first-order valence-corrected chi connectivity index (χ1v) is 9.83. The van der Waals surface area contributed by atoms with Gasteiger partial charge in [0.25, 0.3) is 0 Å². The van der Waals surface area contributed by atoms with Crippen molar-refractivity contribution in [3.8, 4) is 5.75 Å². The van der Waals surface area contributed by atoms with E-state index in [1.807, 2.05) is 7.11 Å². The highest BCUT2D eigenvalue weighted by atomic mass is 16.5. The molecule has 0 bridgehead atoms. The zero-order valence-electron chi connectivity index (χ0n) is 15.7. The van der Waals surface area contributed by atoms with E-state index in [2.05, 4.69) is 42.3 Å². The maximum atomic E-state index is 5.80. The van der Waals surface area contributed by atoms with E-state index in [-0.39, 0.29) is 0 Å². The van der Waals surface area contributed by atoms with Gasteiger partial charge in [0.05, 0.1) is 7.11 Å². The Kier molecular flexibility index (Phi) is 6.18. The van der Waals surface area contributed by atoms with Crippen molar-refractivity contribution < 1.29 is 4.74 Å². The molecule has 1 aromatic carbocycles. The summed E-state index contributed by atoms with van der Waals surface area (Å²) < 4.78 is 5.80. The van der Waals surface area contributed by atoms with Gasteiger partial charge in [0.15, 0.2) is 0 Å². The topological polar surface area (TPSA) is 24.5 Å². The number of hydrogen-bond acceptors (Lipinski definition) is 3. The summed E-state index contributed by atoms with van der Waals surface area (Å²) in [6, 6.07) is 7.39. The third kappa shape index (κ3) is 3.94. The van der Waals surface area contributed by atoms with Crippen molar-refractivity contribution in [2.75, 3.05) is 33.3 Å². The predicted molar refractivity (Wildman–Crippen MR) is 101 cm³/mol. The molecule has 0 unspecified atom stereocenters. The Morgan fingerprint density at radius 3 is 2.42 bits per heavy atom. The zero-order valence-corrected chi connectivity index (χ0v) is 15.7. The number of piperazine rings is 1. The molecule has 3 rings (SSSR count). The smallest absolute Gasteiger partial charge is 0.123 e. The predicted octanol–water partition coefficient (Wildman–Crippen LogP) is 4.35. The van der Waals surface area contributed by atoms with Crippen molar-refractivity contribution in [3.05, 3.63) is 29.3 Å². The lowest BCUT2D eigenvalue weighted by Crippen LogP contribution is -2.47. The minimum atomic E-state index is 0.515. The summed E-state index contributed by atoms with van der Waals surface area (Å²) in [5.41, 5.74) is 2.86. The lowest BCUT2D eigenvalue weighted by molar-refractivity contribution is 0.101. The summed E-state index contributed by atoms with van der Waals surface area (Å²) in [4.78, 5) is 2.72. The van der Waals surface area contributed by atoms with Crippen LogP contribution >= 0.6 is 0 Å². The Labute approximate surface area is 147 Å². The highest BCUT2D eigenvalue weighted by Gasteiger charge is 2.33. The first-order chi connectivity index (χ1) is 11.7. The number of methoxy groups -OCH3 is 1. The Morgan fingerprint density at radius 1 is 1.08 bits per heavy atom. The van der Waals surface area contributed by atoms with Crippen LogP contribution in [0.15, 0.2) is 18.2 Å². The van der Waals surface area contributed by atoms with Crippen LogP contribution in [0.4, 0.5) is 0 Å². The van der Waals surface area contributed by atoms with Crippen LogP contribution in [0.1, 0.15) is 69.0 Å². The van der Waals surface area contributed by atoms with E-state index in [0.717, 1.165) is 37.8 Å². The molecule has 0 amide bonds.